The third kappa shape index (κ3) is 5.77. The predicted octanol–water partition coefficient (Wildman–Crippen LogP) is 4.74. The van der Waals surface area contributed by atoms with Gasteiger partial charge in [0, 0.05) is 19.2 Å². The summed E-state index contributed by atoms with van der Waals surface area (Å²) < 4.78 is 38.3. The molecule has 3 aromatic rings. The quantitative estimate of drug-likeness (QED) is 0.495. The lowest BCUT2D eigenvalue weighted by molar-refractivity contribution is 0.0785. The van der Waals surface area contributed by atoms with Gasteiger partial charge in [0.15, 0.2) is 11.5 Å². The van der Waals surface area contributed by atoms with Crippen LogP contribution in [0.25, 0.3) is 0 Å². The van der Waals surface area contributed by atoms with Crippen LogP contribution in [-0.4, -0.2) is 40.5 Å². The van der Waals surface area contributed by atoms with Crippen molar-refractivity contribution in [2.75, 3.05) is 26.0 Å². The Labute approximate surface area is 198 Å². The monoisotopic (exact) mass is 488 g/mol. The van der Waals surface area contributed by atoms with E-state index in [1.54, 1.807) is 45.5 Å². The summed E-state index contributed by atoms with van der Waals surface area (Å²) in [7, 11) is 0.966. The molecule has 174 valence electrons. The van der Waals surface area contributed by atoms with Crippen LogP contribution in [0.2, 0.25) is 5.02 Å². The highest BCUT2D eigenvalue weighted by atomic mass is 35.5. The fraction of sp³-hybridized carbons (Fsp3) is 0.208. The van der Waals surface area contributed by atoms with Crippen molar-refractivity contribution in [1.82, 2.24) is 4.90 Å². The maximum atomic E-state index is 12.9. The number of amides is 1. The summed E-state index contributed by atoms with van der Waals surface area (Å²) in [5.41, 5.74) is 2.33. The molecule has 0 aromatic heterocycles. The molecular formula is C24H25ClN2O5S. The van der Waals surface area contributed by atoms with Crippen LogP contribution < -0.4 is 14.2 Å². The second-order valence-electron chi connectivity index (χ2n) is 7.46. The zero-order chi connectivity index (χ0) is 24.2. The van der Waals surface area contributed by atoms with Gasteiger partial charge >= 0.3 is 0 Å². The van der Waals surface area contributed by atoms with Gasteiger partial charge in [-0.05, 0) is 55.0 Å². The van der Waals surface area contributed by atoms with Crippen LogP contribution in [0.3, 0.4) is 0 Å². The Hall–Kier alpha value is -3.23. The Morgan fingerprint density at radius 1 is 0.970 bits per heavy atom. The number of carbonyl (C=O) groups is 1. The average molecular weight is 489 g/mol. The Kier molecular flexibility index (Phi) is 7.50. The number of ether oxygens (including phenoxy) is 2. The number of rotatable bonds is 8. The number of sulfonamides is 1. The SMILES string of the molecule is COc1ccc(CN(C)C(=O)c2ccc(NS(=O)(=O)c3ccc(C)cc3)c(Cl)c2)cc1OC. The molecule has 3 aromatic carbocycles. The van der Waals surface area contributed by atoms with E-state index in [2.05, 4.69) is 4.72 Å². The van der Waals surface area contributed by atoms with Crippen molar-refractivity contribution in [3.63, 3.8) is 0 Å². The smallest absolute Gasteiger partial charge is 0.261 e. The molecule has 9 heteroatoms. The van der Waals surface area contributed by atoms with E-state index < -0.39 is 10.0 Å². The number of hydrogen-bond acceptors (Lipinski definition) is 5. The first-order chi connectivity index (χ1) is 15.6. The molecule has 7 nitrogen and oxygen atoms in total. The van der Waals surface area contributed by atoms with Gasteiger partial charge in [0.25, 0.3) is 15.9 Å². The number of hydrogen-bond donors (Lipinski definition) is 1. The van der Waals surface area contributed by atoms with Gasteiger partial charge in [-0.15, -0.1) is 0 Å². The summed E-state index contributed by atoms with van der Waals surface area (Å²) in [6, 6.07) is 16.4. The predicted molar refractivity (Wildman–Crippen MR) is 129 cm³/mol. The van der Waals surface area contributed by atoms with Crippen LogP contribution in [0.15, 0.2) is 65.6 Å². The molecule has 0 saturated carbocycles. The van der Waals surface area contributed by atoms with E-state index >= 15 is 0 Å². The van der Waals surface area contributed by atoms with E-state index in [0.717, 1.165) is 11.1 Å². The Balaban J connectivity index is 1.74. The molecule has 0 bridgehead atoms. The molecular weight excluding hydrogens is 464 g/mol. The number of methoxy groups -OCH3 is 2. The summed E-state index contributed by atoms with van der Waals surface area (Å²) in [6.45, 7) is 2.21. The molecule has 33 heavy (non-hydrogen) atoms. The van der Waals surface area contributed by atoms with E-state index in [0.29, 0.717) is 23.6 Å². The lowest BCUT2D eigenvalue weighted by atomic mass is 10.1. The van der Waals surface area contributed by atoms with E-state index in [4.69, 9.17) is 21.1 Å². The van der Waals surface area contributed by atoms with Crippen molar-refractivity contribution in [3.8, 4) is 11.5 Å². The minimum atomic E-state index is -3.81. The first-order valence-corrected chi connectivity index (χ1v) is 11.9. The van der Waals surface area contributed by atoms with Gasteiger partial charge in [0.05, 0.1) is 29.8 Å². The van der Waals surface area contributed by atoms with Gasteiger partial charge in [-0.25, -0.2) is 8.42 Å². The van der Waals surface area contributed by atoms with Crippen LogP contribution in [-0.2, 0) is 16.6 Å². The van der Waals surface area contributed by atoms with Gasteiger partial charge in [-0.3, -0.25) is 9.52 Å². The molecule has 0 spiro atoms. The molecule has 0 atom stereocenters. The number of nitrogens with zero attached hydrogens (tertiary/aromatic N) is 1. The van der Waals surface area contributed by atoms with Crippen molar-refractivity contribution in [2.45, 2.75) is 18.4 Å². The van der Waals surface area contributed by atoms with Gasteiger partial charge < -0.3 is 14.4 Å². The third-order valence-corrected chi connectivity index (χ3v) is 6.70. The van der Waals surface area contributed by atoms with Crippen LogP contribution in [0.5, 0.6) is 11.5 Å². The third-order valence-electron chi connectivity index (χ3n) is 5.01. The number of aryl methyl sites for hydroxylation is 1. The molecule has 0 aliphatic heterocycles. The van der Waals surface area contributed by atoms with Crippen molar-refractivity contribution in [1.29, 1.82) is 0 Å². The molecule has 1 N–H and O–H groups in total. The molecule has 0 aliphatic carbocycles. The first kappa shape index (κ1) is 24.4. The van der Waals surface area contributed by atoms with Gasteiger partial charge in [-0.2, -0.15) is 0 Å². The molecule has 0 unspecified atom stereocenters. The average Bonchev–Trinajstić information content (AvgIpc) is 2.79. The summed E-state index contributed by atoms with van der Waals surface area (Å²) in [4.78, 5) is 14.6. The van der Waals surface area contributed by atoms with Crippen molar-refractivity contribution < 1.29 is 22.7 Å². The van der Waals surface area contributed by atoms with E-state index in [-0.39, 0.29) is 21.5 Å². The minimum Gasteiger partial charge on any atom is -0.493 e. The van der Waals surface area contributed by atoms with Gasteiger partial charge in [0.1, 0.15) is 0 Å². The number of nitrogens with one attached hydrogen (secondary N) is 1. The summed E-state index contributed by atoms with van der Waals surface area (Å²) >= 11 is 6.30. The largest absolute Gasteiger partial charge is 0.493 e. The van der Waals surface area contributed by atoms with E-state index in [1.165, 1.54) is 35.2 Å². The summed E-state index contributed by atoms with van der Waals surface area (Å²) in [5.74, 6) is 0.912. The summed E-state index contributed by atoms with van der Waals surface area (Å²) in [6.07, 6.45) is 0. The fourth-order valence-corrected chi connectivity index (χ4v) is 4.56. The number of benzene rings is 3. The van der Waals surface area contributed by atoms with Crippen molar-refractivity contribution in [2.24, 2.45) is 0 Å². The minimum absolute atomic E-state index is 0.121. The van der Waals surface area contributed by atoms with E-state index in [9.17, 15) is 13.2 Å². The van der Waals surface area contributed by atoms with Crippen LogP contribution in [0, 0.1) is 6.92 Å². The Morgan fingerprint density at radius 2 is 1.64 bits per heavy atom. The molecule has 0 heterocycles. The summed E-state index contributed by atoms with van der Waals surface area (Å²) in [5, 5.41) is 0.121. The van der Waals surface area contributed by atoms with Gasteiger partial charge in [-0.1, -0.05) is 35.4 Å². The van der Waals surface area contributed by atoms with Crippen molar-refractivity contribution >= 4 is 33.2 Å². The zero-order valence-electron chi connectivity index (χ0n) is 18.8. The lowest BCUT2D eigenvalue weighted by Crippen LogP contribution is -2.26. The second-order valence-corrected chi connectivity index (χ2v) is 9.55. The topological polar surface area (TPSA) is 84.9 Å². The van der Waals surface area contributed by atoms with Crippen LogP contribution in [0.4, 0.5) is 5.69 Å². The second kappa shape index (κ2) is 10.1. The number of anilines is 1. The van der Waals surface area contributed by atoms with Crippen LogP contribution >= 0.6 is 11.6 Å². The normalized spacial score (nSPS) is 11.1. The molecule has 3 rings (SSSR count). The van der Waals surface area contributed by atoms with Gasteiger partial charge in [0.2, 0.25) is 0 Å². The van der Waals surface area contributed by atoms with E-state index in [1.807, 2.05) is 13.0 Å². The van der Waals surface area contributed by atoms with Crippen LogP contribution in [0.1, 0.15) is 21.5 Å². The molecule has 0 radical (unpaired) electrons. The highest BCUT2D eigenvalue weighted by Crippen LogP contribution is 2.29. The Morgan fingerprint density at radius 3 is 2.24 bits per heavy atom. The van der Waals surface area contributed by atoms with Crippen molar-refractivity contribution in [3.05, 3.63) is 82.4 Å². The molecule has 0 fully saturated rings. The first-order valence-electron chi connectivity index (χ1n) is 10.00. The highest BCUT2D eigenvalue weighted by Gasteiger charge is 2.18. The Bertz CT molecular complexity index is 1260. The standard InChI is InChI=1S/C24H25ClN2O5S/c1-16-5-9-19(10-6-16)33(29,30)26-21-11-8-18(14-20(21)25)24(28)27(2)15-17-7-12-22(31-3)23(13-17)32-4/h5-14,26H,15H2,1-4H3. The number of carbonyl (C=O) groups excluding carboxylic acids is 1. The molecule has 0 saturated heterocycles. The lowest BCUT2D eigenvalue weighted by Gasteiger charge is -2.19. The molecule has 0 aliphatic rings. The maximum absolute atomic E-state index is 12.9. The fourth-order valence-electron chi connectivity index (χ4n) is 3.20. The zero-order valence-corrected chi connectivity index (χ0v) is 20.3. The maximum Gasteiger partial charge on any atom is 0.261 e. The molecule has 1 amide bonds. The number of halogens is 1. The highest BCUT2D eigenvalue weighted by molar-refractivity contribution is 7.92.